The highest BCUT2D eigenvalue weighted by Gasteiger charge is 2.18. The molecule has 0 bridgehead atoms. The van der Waals surface area contributed by atoms with Crippen molar-refractivity contribution in [3.05, 3.63) is 47.5 Å². The summed E-state index contributed by atoms with van der Waals surface area (Å²) in [6.45, 7) is 4.54. The first-order chi connectivity index (χ1) is 11.1. The van der Waals surface area contributed by atoms with Gasteiger partial charge in [0, 0.05) is 24.1 Å². The number of benzene rings is 1. The zero-order valence-corrected chi connectivity index (χ0v) is 14.0. The molecule has 2 unspecified atom stereocenters. The number of hydrogen-bond acceptors (Lipinski definition) is 2. The maximum absolute atomic E-state index is 12.1. The Hall–Kier alpha value is -2.10. The Kier molecular flexibility index (Phi) is 6.39. The average molecular weight is 314 g/mol. The first kappa shape index (κ1) is 17.3. The number of carbonyl (C=O) groups excluding carboxylic acids is 2. The Labute approximate surface area is 138 Å². The van der Waals surface area contributed by atoms with E-state index in [9.17, 15) is 9.59 Å². The monoisotopic (exact) mass is 314 g/mol. The van der Waals surface area contributed by atoms with Gasteiger partial charge in [0.15, 0.2) is 0 Å². The van der Waals surface area contributed by atoms with Gasteiger partial charge in [-0.15, -0.1) is 0 Å². The fraction of sp³-hybridized carbons (Fsp3) is 0.474. The highest BCUT2D eigenvalue weighted by molar-refractivity contribution is 5.94. The second-order valence-corrected chi connectivity index (χ2v) is 6.18. The van der Waals surface area contributed by atoms with Crippen molar-refractivity contribution in [1.82, 2.24) is 10.6 Å². The Morgan fingerprint density at radius 2 is 1.96 bits per heavy atom. The minimum absolute atomic E-state index is 0.0519. The molecule has 0 radical (unpaired) electrons. The summed E-state index contributed by atoms with van der Waals surface area (Å²) in [7, 11) is 0. The lowest BCUT2D eigenvalue weighted by Gasteiger charge is -2.17. The van der Waals surface area contributed by atoms with E-state index < -0.39 is 0 Å². The van der Waals surface area contributed by atoms with Crippen LogP contribution in [0.1, 0.15) is 55.5 Å². The quantitative estimate of drug-likeness (QED) is 0.792. The third kappa shape index (κ3) is 5.23. The number of amides is 2. The molecule has 2 N–H and O–H groups in total. The van der Waals surface area contributed by atoms with Gasteiger partial charge in [-0.3, -0.25) is 9.59 Å². The predicted molar refractivity (Wildman–Crippen MR) is 92.0 cm³/mol. The summed E-state index contributed by atoms with van der Waals surface area (Å²) in [6.07, 6.45) is 7.87. The molecule has 2 atom stereocenters. The Bertz CT molecular complexity index is 563. The molecular weight excluding hydrogens is 288 g/mol. The highest BCUT2D eigenvalue weighted by atomic mass is 16.2. The molecule has 2 amide bonds. The second-order valence-electron chi connectivity index (χ2n) is 6.18. The third-order valence-electron chi connectivity index (χ3n) is 4.31. The van der Waals surface area contributed by atoms with Gasteiger partial charge in [-0.25, -0.2) is 0 Å². The largest absolute Gasteiger partial charge is 0.352 e. The van der Waals surface area contributed by atoms with Crippen LogP contribution in [0.5, 0.6) is 0 Å². The summed E-state index contributed by atoms with van der Waals surface area (Å²) in [5.41, 5.74) is 1.66. The lowest BCUT2D eigenvalue weighted by atomic mass is 9.93. The van der Waals surface area contributed by atoms with E-state index in [0.717, 1.165) is 31.2 Å². The predicted octanol–water partition coefficient (Wildman–Crippen LogP) is 3.19. The normalized spacial score (nSPS) is 18.3. The third-order valence-corrected chi connectivity index (χ3v) is 4.31. The molecule has 1 aliphatic rings. The molecule has 124 valence electrons. The van der Waals surface area contributed by atoms with Gasteiger partial charge < -0.3 is 10.6 Å². The van der Waals surface area contributed by atoms with Crippen molar-refractivity contribution in [2.75, 3.05) is 0 Å². The van der Waals surface area contributed by atoms with Crippen LogP contribution in [-0.4, -0.2) is 17.9 Å². The average Bonchev–Trinajstić information content (AvgIpc) is 2.60. The van der Waals surface area contributed by atoms with Gasteiger partial charge in [0.2, 0.25) is 5.91 Å². The molecule has 23 heavy (non-hydrogen) atoms. The molecule has 0 saturated carbocycles. The fourth-order valence-corrected chi connectivity index (χ4v) is 2.55. The number of allylic oxidation sites excluding steroid dienone is 2. The number of carbonyl (C=O) groups is 2. The lowest BCUT2D eigenvalue weighted by Crippen LogP contribution is -2.32. The minimum Gasteiger partial charge on any atom is -0.352 e. The van der Waals surface area contributed by atoms with Gasteiger partial charge in [0.05, 0.1) is 0 Å². The van der Waals surface area contributed by atoms with E-state index in [1.807, 2.05) is 38.1 Å². The van der Waals surface area contributed by atoms with Crippen molar-refractivity contribution in [3.63, 3.8) is 0 Å². The SMILES string of the molecule is CCC(C)NC(=O)c1ccc(CNC(=O)C2CC=CCC2)cc1. The van der Waals surface area contributed by atoms with Crippen LogP contribution >= 0.6 is 0 Å². The lowest BCUT2D eigenvalue weighted by molar-refractivity contribution is -0.125. The first-order valence-corrected chi connectivity index (χ1v) is 8.42. The van der Waals surface area contributed by atoms with Gasteiger partial charge in [-0.05, 0) is 50.3 Å². The summed E-state index contributed by atoms with van der Waals surface area (Å²) in [4.78, 5) is 24.1. The van der Waals surface area contributed by atoms with Crippen LogP contribution in [-0.2, 0) is 11.3 Å². The molecule has 1 aromatic rings. The number of hydrogen-bond donors (Lipinski definition) is 2. The topological polar surface area (TPSA) is 58.2 Å². The van der Waals surface area contributed by atoms with E-state index in [0.29, 0.717) is 12.1 Å². The van der Waals surface area contributed by atoms with Crippen LogP contribution in [0.2, 0.25) is 0 Å². The van der Waals surface area contributed by atoms with Crippen molar-refractivity contribution in [1.29, 1.82) is 0 Å². The van der Waals surface area contributed by atoms with E-state index in [4.69, 9.17) is 0 Å². The van der Waals surface area contributed by atoms with E-state index in [1.54, 1.807) is 0 Å². The fourth-order valence-electron chi connectivity index (χ4n) is 2.55. The molecule has 1 aliphatic carbocycles. The summed E-state index contributed by atoms with van der Waals surface area (Å²) in [5.74, 6) is 0.164. The van der Waals surface area contributed by atoms with Crippen molar-refractivity contribution in [3.8, 4) is 0 Å². The van der Waals surface area contributed by atoms with Crippen molar-refractivity contribution >= 4 is 11.8 Å². The van der Waals surface area contributed by atoms with Gasteiger partial charge in [0.25, 0.3) is 5.91 Å². The van der Waals surface area contributed by atoms with E-state index in [-0.39, 0.29) is 23.8 Å². The summed E-state index contributed by atoms with van der Waals surface area (Å²) in [5, 5.41) is 5.93. The van der Waals surface area contributed by atoms with E-state index in [2.05, 4.69) is 22.8 Å². The van der Waals surface area contributed by atoms with Crippen LogP contribution in [0.4, 0.5) is 0 Å². The van der Waals surface area contributed by atoms with Crippen molar-refractivity contribution in [2.24, 2.45) is 5.92 Å². The van der Waals surface area contributed by atoms with Crippen LogP contribution < -0.4 is 10.6 Å². The zero-order valence-electron chi connectivity index (χ0n) is 14.0. The standard InChI is InChI=1S/C19H26N2O2/c1-3-14(2)21-19(23)17-11-9-15(10-12-17)13-20-18(22)16-7-5-4-6-8-16/h4-5,9-12,14,16H,3,6-8,13H2,1-2H3,(H,20,22)(H,21,23). The maximum atomic E-state index is 12.1. The smallest absolute Gasteiger partial charge is 0.251 e. The Morgan fingerprint density at radius 1 is 1.22 bits per heavy atom. The Morgan fingerprint density at radius 3 is 2.57 bits per heavy atom. The van der Waals surface area contributed by atoms with E-state index >= 15 is 0 Å². The summed E-state index contributed by atoms with van der Waals surface area (Å²) < 4.78 is 0. The second kappa shape index (κ2) is 8.51. The molecule has 0 aliphatic heterocycles. The van der Waals surface area contributed by atoms with Crippen LogP contribution in [0.15, 0.2) is 36.4 Å². The molecule has 0 aromatic heterocycles. The zero-order chi connectivity index (χ0) is 16.7. The highest BCUT2D eigenvalue weighted by Crippen LogP contribution is 2.18. The molecule has 4 heteroatoms. The van der Waals surface area contributed by atoms with Gasteiger partial charge in [-0.2, -0.15) is 0 Å². The van der Waals surface area contributed by atoms with Crippen molar-refractivity contribution in [2.45, 2.75) is 52.1 Å². The molecule has 0 spiro atoms. The van der Waals surface area contributed by atoms with Gasteiger partial charge in [0.1, 0.15) is 0 Å². The van der Waals surface area contributed by atoms with Crippen LogP contribution in [0, 0.1) is 5.92 Å². The molecule has 2 rings (SSSR count). The first-order valence-electron chi connectivity index (χ1n) is 8.42. The molecule has 1 aromatic carbocycles. The Balaban J connectivity index is 1.84. The minimum atomic E-state index is -0.0519. The van der Waals surface area contributed by atoms with E-state index in [1.165, 1.54) is 0 Å². The summed E-state index contributed by atoms with van der Waals surface area (Å²) >= 11 is 0. The van der Waals surface area contributed by atoms with Crippen LogP contribution in [0.25, 0.3) is 0 Å². The number of nitrogens with one attached hydrogen (secondary N) is 2. The molecule has 4 nitrogen and oxygen atoms in total. The van der Waals surface area contributed by atoms with Gasteiger partial charge >= 0.3 is 0 Å². The molecule has 0 fully saturated rings. The molecule has 0 heterocycles. The number of rotatable bonds is 6. The summed E-state index contributed by atoms with van der Waals surface area (Å²) in [6, 6.07) is 7.58. The molecule has 0 saturated heterocycles. The molecular formula is C19H26N2O2. The van der Waals surface area contributed by atoms with Crippen LogP contribution in [0.3, 0.4) is 0 Å². The van der Waals surface area contributed by atoms with Crippen molar-refractivity contribution < 1.29 is 9.59 Å². The maximum Gasteiger partial charge on any atom is 0.251 e. The van der Waals surface area contributed by atoms with Gasteiger partial charge in [-0.1, -0.05) is 31.2 Å².